The van der Waals surface area contributed by atoms with Crippen LogP contribution < -0.4 is 5.32 Å². The number of nitrogens with one attached hydrogen (secondary N) is 1. The highest BCUT2D eigenvalue weighted by Crippen LogP contribution is 2.24. The third kappa shape index (κ3) is 4.02. The number of rotatable bonds is 6. The molecule has 3 heteroatoms. The molecule has 0 aliphatic heterocycles. The summed E-state index contributed by atoms with van der Waals surface area (Å²) < 4.78 is 12.9. The highest BCUT2D eigenvalue weighted by atomic mass is 32.2. The second-order valence-electron chi connectivity index (χ2n) is 5.27. The van der Waals surface area contributed by atoms with Crippen molar-refractivity contribution >= 4 is 10.8 Å². The molecule has 21 heavy (non-hydrogen) atoms. The fourth-order valence-electron chi connectivity index (χ4n) is 2.51. The van der Waals surface area contributed by atoms with Crippen LogP contribution in [-0.2, 0) is 10.8 Å². The fraction of sp³-hybridized carbons (Fsp3) is 0.333. The largest absolute Gasteiger partial charge is 0.309 e. The Bertz CT molecular complexity index is 597. The molecule has 1 N–H and O–H groups in total. The van der Waals surface area contributed by atoms with E-state index in [-0.39, 0.29) is 11.3 Å². The molecule has 2 aromatic rings. The molecule has 3 unspecified atom stereocenters. The van der Waals surface area contributed by atoms with Gasteiger partial charge in [0.25, 0.3) is 0 Å². The molecule has 2 aromatic carbocycles. The van der Waals surface area contributed by atoms with Gasteiger partial charge in [0.1, 0.15) is 0 Å². The first kappa shape index (κ1) is 15.9. The van der Waals surface area contributed by atoms with Crippen LogP contribution in [0.5, 0.6) is 0 Å². The van der Waals surface area contributed by atoms with Crippen molar-refractivity contribution in [2.75, 3.05) is 6.54 Å². The van der Waals surface area contributed by atoms with Gasteiger partial charge in [-0.1, -0.05) is 49.4 Å². The van der Waals surface area contributed by atoms with Crippen molar-refractivity contribution in [3.8, 4) is 0 Å². The Kier molecular flexibility index (Phi) is 5.71. The Hall–Kier alpha value is -1.45. The molecule has 0 saturated heterocycles. The molecule has 0 aliphatic carbocycles. The van der Waals surface area contributed by atoms with Crippen LogP contribution in [0.1, 0.15) is 31.0 Å². The molecule has 0 aliphatic rings. The normalized spacial score (nSPS) is 15.4. The minimum absolute atomic E-state index is 0.00847. The Morgan fingerprint density at radius 2 is 1.81 bits per heavy atom. The van der Waals surface area contributed by atoms with Gasteiger partial charge in [-0.25, -0.2) is 0 Å². The first-order valence-electron chi connectivity index (χ1n) is 7.39. The van der Waals surface area contributed by atoms with Crippen molar-refractivity contribution < 1.29 is 4.21 Å². The minimum atomic E-state index is -1.03. The van der Waals surface area contributed by atoms with Crippen LogP contribution in [-0.4, -0.2) is 16.0 Å². The number of benzene rings is 2. The van der Waals surface area contributed by atoms with Crippen molar-refractivity contribution in [3.05, 3.63) is 65.7 Å². The summed E-state index contributed by atoms with van der Waals surface area (Å²) in [6.07, 6.45) is 0. The van der Waals surface area contributed by atoms with Crippen molar-refractivity contribution in [2.45, 2.75) is 37.0 Å². The second kappa shape index (κ2) is 7.53. The molecule has 0 heterocycles. The molecule has 112 valence electrons. The van der Waals surface area contributed by atoms with Crippen LogP contribution in [0.2, 0.25) is 0 Å². The van der Waals surface area contributed by atoms with Crippen LogP contribution in [0.3, 0.4) is 0 Å². The molecule has 0 bridgehead atoms. The zero-order chi connectivity index (χ0) is 15.2. The predicted molar refractivity (Wildman–Crippen MR) is 89.9 cm³/mol. The molecule has 2 rings (SSSR count). The average molecular weight is 301 g/mol. The van der Waals surface area contributed by atoms with E-state index in [1.54, 1.807) is 0 Å². The smallest absolute Gasteiger partial charge is 0.0577 e. The Labute approximate surface area is 130 Å². The van der Waals surface area contributed by atoms with E-state index in [0.29, 0.717) is 0 Å². The van der Waals surface area contributed by atoms with Gasteiger partial charge in [-0.3, -0.25) is 4.21 Å². The van der Waals surface area contributed by atoms with E-state index in [4.69, 9.17) is 0 Å². The molecule has 0 spiro atoms. The molecular formula is C18H23NOS. The SMILES string of the molecule is CCNC(c1ccccc1)C(C)S(=O)c1cccc(C)c1. The van der Waals surface area contributed by atoms with Crippen LogP contribution in [0.4, 0.5) is 0 Å². The monoisotopic (exact) mass is 301 g/mol. The summed E-state index contributed by atoms with van der Waals surface area (Å²) in [4.78, 5) is 0.904. The highest BCUT2D eigenvalue weighted by molar-refractivity contribution is 7.85. The lowest BCUT2D eigenvalue weighted by atomic mass is 10.0. The average Bonchev–Trinajstić information content (AvgIpc) is 2.52. The molecular weight excluding hydrogens is 278 g/mol. The molecule has 3 atom stereocenters. The van der Waals surface area contributed by atoms with Crippen LogP contribution in [0.25, 0.3) is 0 Å². The molecule has 0 fully saturated rings. The number of hydrogen-bond acceptors (Lipinski definition) is 2. The first-order chi connectivity index (χ1) is 10.1. The molecule has 0 saturated carbocycles. The fourth-order valence-corrected chi connectivity index (χ4v) is 3.96. The van der Waals surface area contributed by atoms with E-state index in [1.165, 1.54) is 5.56 Å². The van der Waals surface area contributed by atoms with E-state index in [0.717, 1.165) is 17.0 Å². The minimum Gasteiger partial charge on any atom is -0.309 e. The van der Waals surface area contributed by atoms with Crippen molar-refractivity contribution in [1.82, 2.24) is 5.32 Å². The van der Waals surface area contributed by atoms with Gasteiger partial charge in [-0.05, 0) is 43.7 Å². The zero-order valence-electron chi connectivity index (χ0n) is 12.9. The zero-order valence-corrected chi connectivity index (χ0v) is 13.7. The standard InChI is InChI=1S/C18H23NOS/c1-4-19-18(16-10-6-5-7-11-16)15(3)21(20)17-12-8-9-14(2)13-17/h5-13,15,18-19H,4H2,1-3H3. The molecule has 0 radical (unpaired) electrons. The summed E-state index contributed by atoms with van der Waals surface area (Å²) in [5.74, 6) is 0. The van der Waals surface area contributed by atoms with Gasteiger partial charge in [-0.15, -0.1) is 0 Å². The van der Waals surface area contributed by atoms with Gasteiger partial charge in [0.2, 0.25) is 0 Å². The summed E-state index contributed by atoms with van der Waals surface area (Å²) in [5.41, 5.74) is 2.33. The Balaban J connectivity index is 2.26. The van der Waals surface area contributed by atoms with Gasteiger partial charge in [0.05, 0.1) is 16.0 Å². The third-order valence-corrected chi connectivity index (χ3v) is 5.28. The van der Waals surface area contributed by atoms with Crippen molar-refractivity contribution in [1.29, 1.82) is 0 Å². The number of aryl methyl sites for hydroxylation is 1. The maximum Gasteiger partial charge on any atom is 0.0577 e. The summed E-state index contributed by atoms with van der Waals surface area (Å²) in [6, 6.07) is 18.3. The van der Waals surface area contributed by atoms with Gasteiger partial charge >= 0.3 is 0 Å². The summed E-state index contributed by atoms with van der Waals surface area (Å²) >= 11 is 0. The molecule has 2 nitrogen and oxygen atoms in total. The topological polar surface area (TPSA) is 29.1 Å². The maximum atomic E-state index is 12.9. The summed E-state index contributed by atoms with van der Waals surface area (Å²) in [6.45, 7) is 7.02. The molecule has 0 amide bonds. The maximum absolute atomic E-state index is 12.9. The lowest BCUT2D eigenvalue weighted by Gasteiger charge is -2.25. The van der Waals surface area contributed by atoms with Crippen LogP contribution in [0.15, 0.2) is 59.5 Å². The van der Waals surface area contributed by atoms with E-state index in [1.807, 2.05) is 49.4 Å². The van der Waals surface area contributed by atoms with Gasteiger partial charge < -0.3 is 5.32 Å². The van der Waals surface area contributed by atoms with Gasteiger partial charge in [0.15, 0.2) is 0 Å². The van der Waals surface area contributed by atoms with Crippen LogP contribution >= 0.6 is 0 Å². The van der Waals surface area contributed by atoms with Crippen molar-refractivity contribution in [3.63, 3.8) is 0 Å². The van der Waals surface area contributed by atoms with E-state index >= 15 is 0 Å². The Morgan fingerprint density at radius 1 is 1.10 bits per heavy atom. The predicted octanol–water partition coefficient (Wildman–Crippen LogP) is 3.84. The van der Waals surface area contributed by atoms with Gasteiger partial charge in [-0.2, -0.15) is 0 Å². The second-order valence-corrected chi connectivity index (χ2v) is 7.07. The lowest BCUT2D eigenvalue weighted by molar-refractivity contribution is 0.535. The summed E-state index contributed by atoms with van der Waals surface area (Å²) in [5, 5.41) is 3.48. The third-order valence-electron chi connectivity index (χ3n) is 3.61. The van der Waals surface area contributed by atoms with E-state index in [9.17, 15) is 4.21 Å². The first-order valence-corrected chi connectivity index (χ1v) is 8.60. The lowest BCUT2D eigenvalue weighted by Crippen LogP contribution is -2.33. The van der Waals surface area contributed by atoms with Crippen LogP contribution in [0, 0.1) is 6.92 Å². The summed E-state index contributed by atoms with van der Waals surface area (Å²) in [7, 11) is -1.03. The number of hydrogen-bond donors (Lipinski definition) is 1. The quantitative estimate of drug-likeness (QED) is 0.878. The van der Waals surface area contributed by atoms with Crippen molar-refractivity contribution in [2.24, 2.45) is 0 Å². The van der Waals surface area contributed by atoms with Gasteiger partial charge in [0, 0.05) is 10.9 Å². The van der Waals surface area contributed by atoms with E-state index < -0.39 is 10.8 Å². The van der Waals surface area contributed by atoms with E-state index in [2.05, 4.69) is 31.3 Å². The highest BCUT2D eigenvalue weighted by Gasteiger charge is 2.24. The molecule has 0 aromatic heterocycles. The Morgan fingerprint density at radius 3 is 2.43 bits per heavy atom.